The number of carbonyl (C=O) groups is 2. The number of rotatable bonds is 6. The van der Waals surface area contributed by atoms with Crippen molar-refractivity contribution < 1.29 is 14.7 Å². The largest absolute Gasteiger partial charge is 0.393 e. The van der Waals surface area contributed by atoms with E-state index in [9.17, 15) is 14.7 Å². The molecule has 1 aliphatic rings. The van der Waals surface area contributed by atoms with Gasteiger partial charge in [-0.2, -0.15) is 5.26 Å². The van der Waals surface area contributed by atoms with Crippen molar-refractivity contribution in [1.82, 2.24) is 19.5 Å². The highest BCUT2D eigenvalue weighted by Crippen LogP contribution is 2.33. The van der Waals surface area contributed by atoms with Crippen LogP contribution in [0.1, 0.15) is 58.8 Å². The Balaban J connectivity index is 1.36. The molecule has 5 rings (SSSR count). The van der Waals surface area contributed by atoms with Gasteiger partial charge in [-0.25, -0.2) is 15.0 Å². The minimum absolute atomic E-state index is 0.118. The van der Waals surface area contributed by atoms with Gasteiger partial charge in [0.25, 0.3) is 0 Å². The summed E-state index contributed by atoms with van der Waals surface area (Å²) in [6.07, 6.45) is 9.33. The molecule has 4 aromatic rings. The average molecular weight is 481 g/mol. The van der Waals surface area contributed by atoms with Crippen LogP contribution in [0.4, 0.5) is 5.82 Å². The van der Waals surface area contributed by atoms with Crippen molar-refractivity contribution in [2.24, 2.45) is 0 Å². The predicted octanol–water partition coefficient (Wildman–Crippen LogP) is 3.59. The van der Waals surface area contributed by atoms with E-state index in [1.165, 1.54) is 12.5 Å². The number of aliphatic hydroxyl groups is 1. The molecule has 1 fully saturated rings. The number of hydrogen-bond acceptors (Lipinski definition) is 7. The van der Waals surface area contributed by atoms with E-state index < -0.39 is 0 Å². The second-order valence-corrected chi connectivity index (χ2v) is 8.96. The number of pyridine rings is 1. The van der Waals surface area contributed by atoms with Crippen molar-refractivity contribution in [1.29, 1.82) is 5.26 Å². The van der Waals surface area contributed by atoms with Crippen LogP contribution in [-0.2, 0) is 11.2 Å². The maximum absolute atomic E-state index is 13.5. The quantitative estimate of drug-likeness (QED) is 0.403. The zero-order valence-corrected chi connectivity index (χ0v) is 19.5. The molecule has 9 heteroatoms. The standard InChI is InChI=1S/C27H24N6O3/c28-13-18-3-1-17(2-4-18)11-25(35)32-24-12-19(9-10-30-24)26(36)23-15-33(20-5-7-21(34)8-6-20)27-22(23)14-29-16-31-27/h1-4,9-10,12,14-16,20-21,34H,5-8,11H2,(H,30,32,35)/t20-,21+. The van der Waals surface area contributed by atoms with E-state index >= 15 is 0 Å². The second-order valence-electron chi connectivity index (χ2n) is 8.96. The molecular formula is C27H24N6O3. The Kier molecular flexibility index (Phi) is 6.52. The van der Waals surface area contributed by atoms with E-state index in [1.54, 1.807) is 42.6 Å². The van der Waals surface area contributed by atoms with E-state index in [0.717, 1.165) is 18.4 Å². The van der Waals surface area contributed by atoms with Gasteiger partial charge in [-0.05, 0) is 55.5 Å². The molecule has 1 amide bonds. The van der Waals surface area contributed by atoms with Crippen molar-refractivity contribution in [3.63, 3.8) is 0 Å². The number of nitriles is 1. The number of hydrogen-bond donors (Lipinski definition) is 2. The normalized spacial score (nSPS) is 17.4. The summed E-state index contributed by atoms with van der Waals surface area (Å²) in [6.45, 7) is 0. The molecule has 3 aromatic heterocycles. The topological polar surface area (TPSA) is 134 Å². The van der Waals surface area contributed by atoms with Gasteiger partial charge < -0.3 is 15.0 Å². The van der Waals surface area contributed by atoms with E-state index in [1.807, 2.05) is 16.8 Å². The van der Waals surface area contributed by atoms with Gasteiger partial charge in [0.05, 0.1) is 29.7 Å². The lowest BCUT2D eigenvalue weighted by molar-refractivity contribution is -0.115. The fraction of sp³-hybridized carbons (Fsp3) is 0.259. The van der Waals surface area contributed by atoms with Crippen LogP contribution in [0.25, 0.3) is 11.0 Å². The molecule has 1 aromatic carbocycles. The summed E-state index contributed by atoms with van der Waals surface area (Å²) < 4.78 is 2.03. The van der Waals surface area contributed by atoms with Crippen molar-refractivity contribution in [3.05, 3.63) is 83.6 Å². The molecule has 1 aliphatic carbocycles. The van der Waals surface area contributed by atoms with Crippen LogP contribution < -0.4 is 5.32 Å². The Bertz CT molecular complexity index is 1460. The minimum atomic E-state index is -0.277. The number of benzene rings is 1. The molecular weight excluding hydrogens is 456 g/mol. The Hall–Kier alpha value is -4.42. The summed E-state index contributed by atoms with van der Waals surface area (Å²) in [5.74, 6) is -0.212. The molecule has 180 valence electrons. The number of carbonyl (C=O) groups excluding carboxylic acids is 2. The van der Waals surface area contributed by atoms with E-state index in [-0.39, 0.29) is 36.1 Å². The highest BCUT2D eigenvalue weighted by Gasteiger charge is 2.25. The maximum Gasteiger partial charge on any atom is 0.229 e. The minimum Gasteiger partial charge on any atom is -0.393 e. The van der Waals surface area contributed by atoms with E-state index in [4.69, 9.17) is 5.26 Å². The van der Waals surface area contributed by atoms with Crippen LogP contribution in [0.15, 0.2) is 61.3 Å². The smallest absolute Gasteiger partial charge is 0.229 e. The lowest BCUT2D eigenvalue weighted by Crippen LogP contribution is -2.20. The predicted molar refractivity (Wildman–Crippen MR) is 132 cm³/mol. The summed E-state index contributed by atoms with van der Waals surface area (Å²) >= 11 is 0. The number of fused-ring (bicyclic) bond motifs is 1. The van der Waals surface area contributed by atoms with Crippen molar-refractivity contribution in [3.8, 4) is 6.07 Å². The molecule has 0 radical (unpaired) electrons. The molecule has 9 nitrogen and oxygen atoms in total. The second kappa shape index (κ2) is 10.1. The van der Waals surface area contributed by atoms with Crippen LogP contribution in [0.5, 0.6) is 0 Å². The monoisotopic (exact) mass is 480 g/mol. The molecule has 0 aliphatic heterocycles. The molecule has 3 heterocycles. The Morgan fingerprint density at radius 3 is 2.64 bits per heavy atom. The Morgan fingerprint density at radius 2 is 1.89 bits per heavy atom. The van der Waals surface area contributed by atoms with Crippen LogP contribution in [0.3, 0.4) is 0 Å². The molecule has 0 saturated heterocycles. The molecule has 36 heavy (non-hydrogen) atoms. The molecule has 0 spiro atoms. The fourth-order valence-corrected chi connectivity index (χ4v) is 4.65. The Morgan fingerprint density at radius 1 is 1.11 bits per heavy atom. The molecule has 1 saturated carbocycles. The summed E-state index contributed by atoms with van der Waals surface area (Å²) in [5, 5.41) is 22.2. The van der Waals surface area contributed by atoms with Crippen molar-refractivity contribution in [2.45, 2.75) is 44.2 Å². The van der Waals surface area contributed by atoms with Gasteiger partial charge in [0, 0.05) is 35.6 Å². The molecule has 0 atom stereocenters. The summed E-state index contributed by atoms with van der Waals surface area (Å²) in [4.78, 5) is 38.8. The Labute approximate surface area is 207 Å². The van der Waals surface area contributed by atoms with Gasteiger partial charge in [0.15, 0.2) is 5.78 Å². The molecule has 0 unspecified atom stereocenters. The van der Waals surface area contributed by atoms with Gasteiger partial charge >= 0.3 is 0 Å². The molecule has 0 bridgehead atoms. The number of aromatic nitrogens is 4. The maximum atomic E-state index is 13.5. The summed E-state index contributed by atoms with van der Waals surface area (Å²) in [6, 6.07) is 12.2. The third-order valence-electron chi connectivity index (χ3n) is 6.54. The lowest BCUT2D eigenvalue weighted by atomic mass is 9.93. The number of amides is 1. The zero-order chi connectivity index (χ0) is 25.1. The first-order valence-electron chi connectivity index (χ1n) is 11.8. The van der Waals surface area contributed by atoms with Crippen LogP contribution in [0.2, 0.25) is 0 Å². The van der Waals surface area contributed by atoms with Gasteiger partial charge in [0.2, 0.25) is 5.91 Å². The number of nitrogens with zero attached hydrogens (tertiary/aromatic N) is 5. The molecule has 2 N–H and O–H groups in total. The van der Waals surface area contributed by atoms with Crippen LogP contribution in [0, 0.1) is 11.3 Å². The van der Waals surface area contributed by atoms with Crippen molar-refractivity contribution in [2.75, 3.05) is 5.32 Å². The summed E-state index contributed by atoms with van der Waals surface area (Å²) in [5.41, 5.74) is 2.86. The highest BCUT2D eigenvalue weighted by atomic mass is 16.3. The third-order valence-corrected chi connectivity index (χ3v) is 6.54. The summed E-state index contributed by atoms with van der Waals surface area (Å²) in [7, 11) is 0. The number of aliphatic hydroxyl groups excluding tert-OH is 1. The van der Waals surface area contributed by atoms with E-state index in [0.29, 0.717) is 40.6 Å². The van der Waals surface area contributed by atoms with Gasteiger partial charge in [-0.3, -0.25) is 9.59 Å². The van der Waals surface area contributed by atoms with Crippen LogP contribution in [-0.4, -0.2) is 42.4 Å². The van der Waals surface area contributed by atoms with Gasteiger partial charge in [0.1, 0.15) is 17.8 Å². The third kappa shape index (κ3) is 4.85. The number of ketones is 1. The van der Waals surface area contributed by atoms with Crippen LogP contribution >= 0.6 is 0 Å². The fourth-order valence-electron chi connectivity index (χ4n) is 4.65. The first kappa shape index (κ1) is 23.3. The average Bonchev–Trinajstić information content (AvgIpc) is 3.29. The number of nitrogens with one attached hydrogen (secondary N) is 1. The first-order chi connectivity index (χ1) is 17.5. The van der Waals surface area contributed by atoms with Gasteiger partial charge in [-0.15, -0.1) is 0 Å². The van der Waals surface area contributed by atoms with Gasteiger partial charge in [-0.1, -0.05) is 12.1 Å². The van der Waals surface area contributed by atoms with E-state index in [2.05, 4.69) is 20.3 Å². The highest BCUT2D eigenvalue weighted by molar-refractivity contribution is 6.16. The first-order valence-corrected chi connectivity index (χ1v) is 11.8. The van der Waals surface area contributed by atoms with Crippen molar-refractivity contribution >= 4 is 28.5 Å². The zero-order valence-electron chi connectivity index (χ0n) is 19.5. The lowest BCUT2D eigenvalue weighted by Gasteiger charge is -2.26. The SMILES string of the molecule is N#Cc1ccc(CC(=O)Nc2cc(C(=O)c3cn([C@H]4CC[C@@H](O)CC4)c4ncncc34)ccn2)cc1. The number of anilines is 1.